The van der Waals surface area contributed by atoms with Gasteiger partial charge in [-0.3, -0.25) is 4.79 Å². The van der Waals surface area contributed by atoms with Gasteiger partial charge < -0.3 is 10.1 Å². The zero-order chi connectivity index (χ0) is 13.6. The third-order valence-corrected chi connectivity index (χ3v) is 3.95. The van der Waals surface area contributed by atoms with Gasteiger partial charge in [0.1, 0.15) is 0 Å². The van der Waals surface area contributed by atoms with E-state index < -0.39 is 5.97 Å². The molecule has 0 radical (unpaired) electrons. The van der Waals surface area contributed by atoms with Gasteiger partial charge in [0.2, 0.25) is 0 Å². The molecule has 0 saturated heterocycles. The van der Waals surface area contributed by atoms with Crippen LogP contribution in [0.5, 0.6) is 0 Å². The predicted molar refractivity (Wildman–Crippen MR) is 81.8 cm³/mol. The number of pyridine rings is 1. The van der Waals surface area contributed by atoms with Gasteiger partial charge in [-0.1, -0.05) is 12.1 Å². The van der Waals surface area contributed by atoms with Crippen molar-refractivity contribution >= 4 is 50.4 Å². The third-order valence-electron chi connectivity index (χ3n) is 3.05. The molecule has 0 saturated carbocycles. The summed E-state index contributed by atoms with van der Waals surface area (Å²) in [4.78, 5) is 26.7. The van der Waals surface area contributed by atoms with Crippen LogP contribution < -0.4 is 5.43 Å². The topological polar surface area (TPSA) is 70.2 Å². The number of fused-ring (bicyclic) bond motifs is 2. The Morgan fingerprint density at radius 1 is 1.05 bits per heavy atom. The quantitative estimate of drug-likeness (QED) is 0.515. The number of hydrogen-bond acceptors (Lipinski definition) is 2. The van der Waals surface area contributed by atoms with Crippen LogP contribution in [0.4, 0.5) is 0 Å². The maximum Gasteiger partial charge on any atom is 0.337 e. The van der Waals surface area contributed by atoms with Crippen LogP contribution in [0.2, 0.25) is 0 Å². The zero-order valence-corrected chi connectivity index (χ0v) is 11.8. The van der Waals surface area contributed by atoms with Crippen molar-refractivity contribution in [1.29, 1.82) is 0 Å². The molecular weight excluding hydrogens is 357 g/mol. The fourth-order valence-electron chi connectivity index (χ4n) is 2.16. The molecule has 0 amide bonds. The molecule has 5 heteroatoms. The minimum Gasteiger partial charge on any atom is -0.478 e. The summed E-state index contributed by atoms with van der Waals surface area (Å²) in [6.07, 6.45) is 0. The molecule has 0 aliphatic carbocycles. The number of rotatable bonds is 1. The van der Waals surface area contributed by atoms with E-state index in [1.54, 1.807) is 18.2 Å². The van der Waals surface area contributed by atoms with Crippen molar-refractivity contribution in [2.24, 2.45) is 0 Å². The lowest BCUT2D eigenvalue weighted by Gasteiger charge is -2.06. The Balaban J connectivity index is 2.62. The number of nitrogens with one attached hydrogen (secondary N) is 1. The smallest absolute Gasteiger partial charge is 0.337 e. The van der Waals surface area contributed by atoms with E-state index in [0.29, 0.717) is 21.8 Å². The Bertz CT molecular complexity index is 883. The number of carbonyl (C=O) groups is 1. The van der Waals surface area contributed by atoms with E-state index in [-0.39, 0.29) is 11.0 Å². The molecule has 2 aromatic carbocycles. The fraction of sp³-hybridized carbons (Fsp3) is 0. The van der Waals surface area contributed by atoms with E-state index in [9.17, 15) is 14.7 Å². The second kappa shape index (κ2) is 4.34. The summed E-state index contributed by atoms with van der Waals surface area (Å²) >= 11 is 2.12. The highest BCUT2D eigenvalue weighted by atomic mass is 127. The van der Waals surface area contributed by atoms with Crippen LogP contribution in [0.15, 0.2) is 41.2 Å². The van der Waals surface area contributed by atoms with Crippen LogP contribution in [0.3, 0.4) is 0 Å². The number of halogens is 1. The van der Waals surface area contributed by atoms with Crippen molar-refractivity contribution in [3.63, 3.8) is 0 Å². The highest BCUT2D eigenvalue weighted by Gasteiger charge is 2.13. The lowest BCUT2D eigenvalue weighted by Crippen LogP contribution is -2.08. The van der Waals surface area contributed by atoms with Crippen molar-refractivity contribution in [1.82, 2.24) is 4.98 Å². The number of carboxylic acid groups (broad SMARTS) is 1. The average molecular weight is 365 g/mol. The standard InChI is InChI=1S/C14H8INO3/c15-10-6-2-4-8-12(10)16-11-7(13(8)17)3-1-5-9(11)14(18)19/h1-6H,(H,16,17)(H,18,19). The summed E-state index contributed by atoms with van der Waals surface area (Å²) in [6, 6.07) is 10.1. The number of hydrogen-bond donors (Lipinski definition) is 2. The molecule has 1 heterocycles. The number of aromatic amines is 1. The van der Waals surface area contributed by atoms with Gasteiger partial charge in [0.25, 0.3) is 0 Å². The molecule has 1 aromatic heterocycles. The van der Waals surface area contributed by atoms with Gasteiger partial charge in [-0.05, 0) is 46.9 Å². The summed E-state index contributed by atoms with van der Waals surface area (Å²) < 4.78 is 0.884. The minimum absolute atomic E-state index is 0.108. The lowest BCUT2D eigenvalue weighted by molar-refractivity contribution is 0.0699. The fourth-order valence-corrected chi connectivity index (χ4v) is 2.80. The average Bonchev–Trinajstić information content (AvgIpc) is 2.39. The Labute approximate surface area is 121 Å². The molecule has 0 bridgehead atoms. The van der Waals surface area contributed by atoms with Crippen LogP contribution in [0, 0.1) is 3.57 Å². The Kier molecular flexibility index (Phi) is 2.78. The van der Waals surface area contributed by atoms with Crippen molar-refractivity contribution in [3.8, 4) is 0 Å². The molecule has 0 fully saturated rings. The second-order valence-corrected chi connectivity index (χ2v) is 5.31. The lowest BCUT2D eigenvalue weighted by atomic mass is 10.1. The van der Waals surface area contributed by atoms with Gasteiger partial charge in [-0.15, -0.1) is 0 Å². The number of H-pyrrole nitrogens is 1. The molecule has 94 valence electrons. The molecule has 0 aliphatic heterocycles. The second-order valence-electron chi connectivity index (χ2n) is 4.15. The van der Waals surface area contributed by atoms with Crippen LogP contribution in [-0.4, -0.2) is 16.1 Å². The Morgan fingerprint density at radius 3 is 2.37 bits per heavy atom. The van der Waals surface area contributed by atoms with Crippen LogP contribution >= 0.6 is 22.6 Å². The predicted octanol–water partition coefficient (Wildman–Crippen LogP) is 2.98. The summed E-state index contributed by atoms with van der Waals surface area (Å²) in [6.45, 7) is 0. The van der Waals surface area contributed by atoms with Crippen LogP contribution in [0.1, 0.15) is 10.4 Å². The number of benzene rings is 2. The van der Waals surface area contributed by atoms with Crippen molar-refractivity contribution in [3.05, 3.63) is 55.8 Å². The number of aromatic nitrogens is 1. The molecule has 0 atom stereocenters. The number of para-hydroxylation sites is 2. The largest absolute Gasteiger partial charge is 0.478 e. The number of carboxylic acids is 1. The van der Waals surface area contributed by atoms with Crippen molar-refractivity contribution in [2.75, 3.05) is 0 Å². The Hall–Kier alpha value is -1.89. The molecular formula is C14H8INO3. The first kappa shape index (κ1) is 12.2. The van der Waals surface area contributed by atoms with Gasteiger partial charge in [-0.2, -0.15) is 0 Å². The molecule has 2 N–H and O–H groups in total. The van der Waals surface area contributed by atoms with Crippen LogP contribution in [-0.2, 0) is 0 Å². The summed E-state index contributed by atoms with van der Waals surface area (Å²) in [5.74, 6) is -1.05. The van der Waals surface area contributed by atoms with Crippen molar-refractivity contribution < 1.29 is 9.90 Å². The first-order valence-corrected chi connectivity index (χ1v) is 6.64. The summed E-state index contributed by atoms with van der Waals surface area (Å²) in [5.41, 5.74) is 1.01. The van der Waals surface area contributed by atoms with Gasteiger partial charge in [-0.25, -0.2) is 4.79 Å². The molecule has 4 nitrogen and oxygen atoms in total. The summed E-state index contributed by atoms with van der Waals surface area (Å²) in [7, 11) is 0. The number of aromatic carboxylic acids is 1. The molecule has 0 aliphatic rings. The third kappa shape index (κ3) is 1.81. The van der Waals surface area contributed by atoms with E-state index in [1.807, 2.05) is 12.1 Å². The normalized spacial score (nSPS) is 11.0. The maximum atomic E-state index is 12.4. The van der Waals surface area contributed by atoms with E-state index >= 15 is 0 Å². The first-order chi connectivity index (χ1) is 9.09. The first-order valence-electron chi connectivity index (χ1n) is 5.56. The summed E-state index contributed by atoms with van der Waals surface area (Å²) in [5, 5.41) is 10.2. The monoisotopic (exact) mass is 365 g/mol. The van der Waals surface area contributed by atoms with E-state index in [0.717, 1.165) is 3.57 Å². The maximum absolute atomic E-state index is 12.4. The SMILES string of the molecule is O=C(O)c1cccc2c(=O)c3cccc(I)c3[nH]c12. The van der Waals surface area contributed by atoms with Gasteiger partial charge in [0.05, 0.1) is 16.6 Å². The Morgan fingerprint density at radius 2 is 1.68 bits per heavy atom. The minimum atomic E-state index is -1.05. The van der Waals surface area contributed by atoms with Crippen LogP contribution in [0.25, 0.3) is 21.8 Å². The molecule has 0 spiro atoms. The molecule has 3 rings (SSSR count). The van der Waals surface area contributed by atoms with E-state index in [4.69, 9.17) is 0 Å². The zero-order valence-electron chi connectivity index (χ0n) is 9.61. The van der Waals surface area contributed by atoms with E-state index in [1.165, 1.54) is 6.07 Å². The van der Waals surface area contributed by atoms with Gasteiger partial charge in [0.15, 0.2) is 5.43 Å². The molecule has 0 unspecified atom stereocenters. The highest BCUT2D eigenvalue weighted by molar-refractivity contribution is 14.1. The highest BCUT2D eigenvalue weighted by Crippen LogP contribution is 2.21. The molecule has 19 heavy (non-hydrogen) atoms. The van der Waals surface area contributed by atoms with E-state index in [2.05, 4.69) is 27.6 Å². The van der Waals surface area contributed by atoms with Gasteiger partial charge in [0, 0.05) is 14.3 Å². The molecule has 3 aromatic rings. The van der Waals surface area contributed by atoms with Gasteiger partial charge >= 0.3 is 5.97 Å². The van der Waals surface area contributed by atoms with Crippen molar-refractivity contribution in [2.45, 2.75) is 0 Å².